The largest absolute Gasteiger partial charge is 0.454 e. The quantitative estimate of drug-likeness (QED) is 0.606. The summed E-state index contributed by atoms with van der Waals surface area (Å²) in [5.74, 6) is 0.300. The molecule has 0 atom stereocenters. The zero-order valence-corrected chi connectivity index (χ0v) is 18.5. The van der Waals surface area contributed by atoms with E-state index in [0.717, 1.165) is 5.56 Å². The van der Waals surface area contributed by atoms with Gasteiger partial charge in [-0.3, -0.25) is 4.79 Å². The maximum atomic E-state index is 14.8. The van der Waals surface area contributed by atoms with Crippen molar-refractivity contribution >= 4 is 21.6 Å². The number of amides is 1. The van der Waals surface area contributed by atoms with Gasteiger partial charge < -0.3 is 14.8 Å². The van der Waals surface area contributed by atoms with Gasteiger partial charge in [-0.15, -0.1) is 5.14 Å². The van der Waals surface area contributed by atoms with Crippen molar-refractivity contribution in [1.29, 1.82) is 0 Å². The zero-order chi connectivity index (χ0) is 23.4. The number of halogens is 1. The van der Waals surface area contributed by atoms with E-state index in [2.05, 4.69) is 5.32 Å². The van der Waals surface area contributed by atoms with Gasteiger partial charge in [0.25, 0.3) is 10.0 Å². The van der Waals surface area contributed by atoms with E-state index in [1.165, 1.54) is 30.3 Å². The second kappa shape index (κ2) is 7.57. The summed E-state index contributed by atoms with van der Waals surface area (Å²) >= 11 is 0. The molecule has 5 rings (SSSR count). The summed E-state index contributed by atoms with van der Waals surface area (Å²) < 4.78 is 48.8. The minimum absolute atomic E-state index is 0.00625. The molecule has 0 aromatic heterocycles. The van der Waals surface area contributed by atoms with Gasteiger partial charge in [0.1, 0.15) is 5.82 Å². The summed E-state index contributed by atoms with van der Waals surface area (Å²) in [4.78, 5) is 13.1. The number of rotatable bonds is 5. The topological polar surface area (TPSA) is 106 Å². The van der Waals surface area contributed by atoms with E-state index in [9.17, 15) is 17.6 Å². The Labute approximate surface area is 190 Å². The van der Waals surface area contributed by atoms with Gasteiger partial charge in [-0.25, -0.2) is 12.8 Å². The molecule has 33 heavy (non-hydrogen) atoms. The maximum Gasteiger partial charge on any atom is 0.254 e. The summed E-state index contributed by atoms with van der Waals surface area (Å²) in [7, 11) is -4.14. The SMILES string of the molecule is Cc1cc(F)c(NC(=O)C2(c3ccc4c(c3)OCO4)CC2)cc1-c1cccc(S([NH])(=O)=O)c1. The smallest absolute Gasteiger partial charge is 0.254 e. The lowest BCUT2D eigenvalue weighted by Gasteiger charge is -2.18. The predicted molar refractivity (Wildman–Crippen MR) is 119 cm³/mol. The molecule has 0 spiro atoms. The van der Waals surface area contributed by atoms with Gasteiger partial charge >= 0.3 is 0 Å². The molecular formula is C24H20FN2O5S. The van der Waals surface area contributed by atoms with Crippen LogP contribution in [0.2, 0.25) is 0 Å². The fraction of sp³-hybridized carbons (Fsp3) is 0.208. The molecule has 0 bridgehead atoms. The van der Waals surface area contributed by atoms with Crippen LogP contribution in [0.25, 0.3) is 11.1 Å². The Morgan fingerprint density at radius 2 is 1.82 bits per heavy atom. The average Bonchev–Trinajstić information content (AvgIpc) is 3.46. The maximum absolute atomic E-state index is 14.8. The van der Waals surface area contributed by atoms with E-state index >= 15 is 0 Å². The first-order valence-corrected chi connectivity index (χ1v) is 11.8. The van der Waals surface area contributed by atoms with Gasteiger partial charge in [0.2, 0.25) is 12.7 Å². The molecule has 1 fully saturated rings. The highest BCUT2D eigenvalue weighted by molar-refractivity contribution is 7.88. The zero-order valence-electron chi connectivity index (χ0n) is 17.6. The number of carbonyl (C=O) groups excluding carboxylic acids is 1. The number of benzene rings is 3. The van der Waals surface area contributed by atoms with Crippen molar-refractivity contribution in [2.45, 2.75) is 30.1 Å². The molecule has 0 unspecified atom stereocenters. The lowest BCUT2D eigenvalue weighted by atomic mass is 9.94. The van der Waals surface area contributed by atoms with Crippen LogP contribution in [-0.2, 0) is 20.2 Å². The highest BCUT2D eigenvalue weighted by Gasteiger charge is 2.51. The Kier molecular flexibility index (Phi) is 4.91. The lowest BCUT2D eigenvalue weighted by Crippen LogP contribution is -2.28. The first kappa shape index (κ1) is 21.4. The Bertz CT molecular complexity index is 1400. The molecule has 169 valence electrons. The monoisotopic (exact) mass is 467 g/mol. The molecule has 1 amide bonds. The number of nitrogens with one attached hydrogen (secondary N) is 2. The van der Waals surface area contributed by atoms with Crippen LogP contribution in [0.1, 0.15) is 24.0 Å². The van der Waals surface area contributed by atoms with Crippen LogP contribution in [0, 0.1) is 12.7 Å². The van der Waals surface area contributed by atoms with Crippen molar-refractivity contribution in [3.63, 3.8) is 0 Å². The fourth-order valence-electron chi connectivity index (χ4n) is 4.12. The number of hydrogen-bond acceptors (Lipinski definition) is 5. The molecule has 1 radical (unpaired) electrons. The number of sulfonamides is 1. The summed E-state index contributed by atoms with van der Waals surface area (Å²) in [6.07, 6.45) is 1.25. The van der Waals surface area contributed by atoms with Crippen LogP contribution in [0.5, 0.6) is 11.5 Å². The van der Waals surface area contributed by atoms with Crippen molar-refractivity contribution in [1.82, 2.24) is 5.14 Å². The molecule has 7 nitrogen and oxygen atoms in total. The van der Waals surface area contributed by atoms with Crippen molar-refractivity contribution < 1.29 is 27.1 Å². The van der Waals surface area contributed by atoms with Crippen molar-refractivity contribution in [3.05, 3.63) is 71.5 Å². The van der Waals surface area contributed by atoms with Crippen molar-refractivity contribution in [3.8, 4) is 22.6 Å². The highest BCUT2D eigenvalue weighted by Crippen LogP contribution is 2.51. The molecule has 1 aliphatic carbocycles. The summed E-state index contributed by atoms with van der Waals surface area (Å²) in [5, 5.41) is 10.0. The number of fused-ring (bicyclic) bond motifs is 1. The van der Waals surface area contributed by atoms with Crippen molar-refractivity contribution in [2.24, 2.45) is 0 Å². The van der Waals surface area contributed by atoms with Crippen LogP contribution >= 0.6 is 0 Å². The third kappa shape index (κ3) is 3.83. The van der Waals surface area contributed by atoms with E-state index in [0.29, 0.717) is 41.0 Å². The normalized spacial score (nSPS) is 15.8. The van der Waals surface area contributed by atoms with E-state index in [-0.39, 0.29) is 23.3 Å². The van der Waals surface area contributed by atoms with Gasteiger partial charge in [0.15, 0.2) is 11.5 Å². The van der Waals surface area contributed by atoms with Gasteiger partial charge in [-0.05, 0) is 78.4 Å². The minimum Gasteiger partial charge on any atom is -0.454 e. The van der Waals surface area contributed by atoms with Gasteiger partial charge in [0.05, 0.1) is 16.0 Å². The Balaban J connectivity index is 1.47. The number of anilines is 1. The van der Waals surface area contributed by atoms with Gasteiger partial charge in [-0.2, -0.15) is 0 Å². The van der Waals surface area contributed by atoms with Crippen LogP contribution in [0.3, 0.4) is 0 Å². The summed E-state index contributed by atoms with van der Waals surface area (Å²) in [6, 6.07) is 14.1. The molecule has 3 aromatic rings. The molecule has 3 aromatic carbocycles. The highest BCUT2D eigenvalue weighted by atomic mass is 32.2. The number of carbonyl (C=O) groups is 1. The van der Waals surface area contributed by atoms with Crippen molar-refractivity contribution in [2.75, 3.05) is 12.1 Å². The Hall–Kier alpha value is -3.43. The first-order chi connectivity index (χ1) is 15.7. The molecule has 1 heterocycles. The van der Waals surface area contributed by atoms with E-state index < -0.39 is 21.3 Å². The third-order valence-corrected chi connectivity index (χ3v) is 7.00. The summed E-state index contributed by atoms with van der Waals surface area (Å²) in [6.45, 7) is 1.83. The fourth-order valence-corrected chi connectivity index (χ4v) is 4.66. The second-order valence-corrected chi connectivity index (χ2v) is 9.76. The minimum atomic E-state index is -4.14. The number of aryl methyl sites for hydroxylation is 1. The van der Waals surface area contributed by atoms with E-state index in [1.807, 2.05) is 6.07 Å². The predicted octanol–water partition coefficient (Wildman–Crippen LogP) is 4.17. The van der Waals surface area contributed by atoms with Gasteiger partial charge in [0, 0.05) is 0 Å². The molecule has 2 N–H and O–H groups in total. The summed E-state index contributed by atoms with van der Waals surface area (Å²) in [5.41, 5.74) is 1.66. The standard InChI is InChI=1S/C24H20FN2O5S/c1-14-9-19(25)20(12-18(14)15-3-2-4-17(10-15)33(26,29)30)27-23(28)24(7-8-24)16-5-6-21-22(11-16)32-13-31-21/h2-6,9-12,26H,7-8,13H2,1H3,(H,27,28). The number of hydrogen-bond donors (Lipinski definition) is 1. The third-order valence-electron chi connectivity index (χ3n) is 6.13. The number of ether oxygens (including phenoxy) is 2. The molecule has 1 aliphatic heterocycles. The molecule has 1 saturated carbocycles. The lowest BCUT2D eigenvalue weighted by molar-refractivity contribution is -0.118. The van der Waals surface area contributed by atoms with Crippen LogP contribution < -0.4 is 19.9 Å². The molecule has 2 aliphatic rings. The molecule has 0 saturated heterocycles. The van der Waals surface area contributed by atoms with Gasteiger partial charge in [-0.1, -0.05) is 18.2 Å². The van der Waals surface area contributed by atoms with E-state index in [1.54, 1.807) is 25.1 Å². The average molecular weight is 467 g/mol. The second-order valence-electron chi connectivity index (χ2n) is 8.28. The van der Waals surface area contributed by atoms with Crippen LogP contribution in [0.4, 0.5) is 10.1 Å². The van der Waals surface area contributed by atoms with Crippen LogP contribution in [0.15, 0.2) is 59.5 Å². The Morgan fingerprint density at radius 3 is 2.55 bits per heavy atom. The first-order valence-electron chi connectivity index (χ1n) is 10.3. The molecule has 9 heteroatoms. The van der Waals surface area contributed by atoms with Crippen LogP contribution in [-0.4, -0.2) is 21.1 Å². The Morgan fingerprint density at radius 1 is 1.06 bits per heavy atom. The van der Waals surface area contributed by atoms with E-state index in [4.69, 9.17) is 14.6 Å². The molecular weight excluding hydrogens is 447 g/mol.